The predicted molar refractivity (Wildman–Crippen MR) is 110 cm³/mol. The highest BCUT2D eigenvalue weighted by Gasteiger charge is 2.09. The molecule has 0 unspecified atom stereocenters. The fourth-order valence-electron chi connectivity index (χ4n) is 2.78. The smallest absolute Gasteiger partial charge is 0.267 e. The van der Waals surface area contributed by atoms with E-state index < -0.39 is 0 Å². The first-order valence-electron chi connectivity index (χ1n) is 9.30. The van der Waals surface area contributed by atoms with Gasteiger partial charge in [-0.15, -0.1) is 0 Å². The van der Waals surface area contributed by atoms with Gasteiger partial charge in [-0.2, -0.15) is 5.10 Å². The summed E-state index contributed by atoms with van der Waals surface area (Å²) in [5, 5.41) is 7.12. The Morgan fingerprint density at radius 2 is 1.86 bits per heavy atom. The third kappa shape index (κ3) is 5.44. The van der Waals surface area contributed by atoms with Crippen molar-refractivity contribution in [2.24, 2.45) is 0 Å². The number of rotatable bonds is 8. The zero-order valence-electron chi connectivity index (χ0n) is 16.4. The van der Waals surface area contributed by atoms with Gasteiger partial charge in [0, 0.05) is 18.2 Å². The zero-order chi connectivity index (χ0) is 20.6. The molecule has 1 N–H and O–H groups in total. The van der Waals surface area contributed by atoms with Crippen molar-refractivity contribution in [2.75, 3.05) is 13.7 Å². The van der Waals surface area contributed by atoms with E-state index in [9.17, 15) is 9.59 Å². The zero-order valence-corrected chi connectivity index (χ0v) is 16.4. The molecule has 2 aromatic carbocycles. The summed E-state index contributed by atoms with van der Waals surface area (Å²) in [6.07, 6.45) is 0. The predicted octanol–water partition coefficient (Wildman–Crippen LogP) is 2.63. The minimum atomic E-state index is -0.337. The van der Waals surface area contributed by atoms with Crippen LogP contribution in [0.1, 0.15) is 12.5 Å². The summed E-state index contributed by atoms with van der Waals surface area (Å²) in [7, 11) is 1.59. The van der Waals surface area contributed by atoms with Crippen molar-refractivity contribution in [3.63, 3.8) is 0 Å². The Morgan fingerprint density at radius 3 is 2.59 bits per heavy atom. The highest BCUT2D eigenvalue weighted by atomic mass is 16.5. The van der Waals surface area contributed by atoms with E-state index in [2.05, 4.69) is 10.4 Å². The monoisotopic (exact) mass is 393 g/mol. The minimum absolute atomic E-state index is 0.159. The van der Waals surface area contributed by atoms with E-state index in [1.807, 2.05) is 55.5 Å². The lowest BCUT2D eigenvalue weighted by Crippen LogP contribution is -2.33. The van der Waals surface area contributed by atoms with Gasteiger partial charge < -0.3 is 14.8 Å². The highest BCUT2D eigenvalue weighted by molar-refractivity contribution is 5.75. The largest absolute Gasteiger partial charge is 0.497 e. The number of ether oxygens (including phenoxy) is 2. The van der Waals surface area contributed by atoms with Crippen LogP contribution in [0, 0.1) is 0 Å². The number of hydrogen-bond acceptors (Lipinski definition) is 5. The Labute approximate surface area is 168 Å². The maximum absolute atomic E-state index is 12.3. The molecule has 0 spiro atoms. The lowest BCUT2D eigenvalue weighted by Gasteiger charge is -2.09. The van der Waals surface area contributed by atoms with Crippen LogP contribution in [-0.2, 0) is 17.9 Å². The normalized spacial score (nSPS) is 10.4. The van der Waals surface area contributed by atoms with Gasteiger partial charge in [0.1, 0.15) is 18.0 Å². The Morgan fingerprint density at radius 1 is 1.07 bits per heavy atom. The first-order chi connectivity index (χ1) is 14.1. The van der Waals surface area contributed by atoms with Gasteiger partial charge >= 0.3 is 0 Å². The molecular weight excluding hydrogens is 370 g/mol. The van der Waals surface area contributed by atoms with Gasteiger partial charge in [-0.05, 0) is 55.0 Å². The molecule has 1 heterocycles. The van der Waals surface area contributed by atoms with Crippen molar-refractivity contribution < 1.29 is 14.3 Å². The van der Waals surface area contributed by atoms with Gasteiger partial charge in [-0.25, -0.2) is 4.68 Å². The van der Waals surface area contributed by atoms with Gasteiger partial charge in [-0.3, -0.25) is 9.59 Å². The summed E-state index contributed by atoms with van der Waals surface area (Å²) < 4.78 is 11.8. The van der Waals surface area contributed by atoms with Gasteiger partial charge in [-0.1, -0.05) is 12.1 Å². The number of amides is 1. The third-order valence-corrected chi connectivity index (χ3v) is 4.24. The summed E-state index contributed by atoms with van der Waals surface area (Å²) in [6.45, 7) is 2.69. The second-order valence-electron chi connectivity index (χ2n) is 6.30. The van der Waals surface area contributed by atoms with Crippen molar-refractivity contribution in [3.05, 3.63) is 76.6 Å². The maximum Gasteiger partial charge on any atom is 0.267 e. The molecule has 0 aliphatic rings. The summed E-state index contributed by atoms with van der Waals surface area (Å²) >= 11 is 0. The second-order valence-corrected chi connectivity index (χ2v) is 6.30. The van der Waals surface area contributed by atoms with Gasteiger partial charge in [0.25, 0.3) is 5.56 Å². The molecule has 7 nitrogen and oxygen atoms in total. The standard InChI is InChI=1S/C22H23N3O4/c1-3-29-18-9-7-17(8-10-18)20-11-12-22(27)25(24-20)15-21(26)23-14-16-5-4-6-19(13-16)28-2/h4-13H,3,14-15H2,1-2H3,(H,23,26). The maximum atomic E-state index is 12.3. The summed E-state index contributed by atoms with van der Waals surface area (Å²) in [6, 6.07) is 17.9. The van der Waals surface area contributed by atoms with E-state index in [4.69, 9.17) is 9.47 Å². The number of carbonyl (C=O) groups is 1. The Balaban J connectivity index is 1.67. The van der Waals surface area contributed by atoms with E-state index >= 15 is 0 Å². The fraction of sp³-hybridized carbons (Fsp3) is 0.227. The average Bonchev–Trinajstić information content (AvgIpc) is 2.75. The van der Waals surface area contributed by atoms with E-state index in [1.165, 1.54) is 6.07 Å². The molecule has 0 fully saturated rings. The topological polar surface area (TPSA) is 82.5 Å². The van der Waals surface area contributed by atoms with E-state index in [0.29, 0.717) is 18.8 Å². The van der Waals surface area contributed by atoms with E-state index in [-0.39, 0.29) is 18.0 Å². The van der Waals surface area contributed by atoms with Crippen LogP contribution in [0.3, 0.4) is 0 Å². The van der Waals surface area contributed by atoms with Crippen molar-refractivity contribution in [1.82, 2.24) is 15.1 Å². The van der Waals surface area contributed by atoms with Crippen LogP contribution in [0.25, 0.3) is 11.3 Å². The molecule has 3 rings (SSSR count). The minimum Gasteiger partial charge on any atom is -0.497 e. The molecule has 1 amide bonds. The van der Waals surface area contributed by atoms with Crippen LogP contribution in [0.5, 0.6) is 11.5 Å². The fourth-order valence-corrected chi connectivity index (χ4v) is 2.78. The number of nitrogens with zero attached hydrogens (tertiary/aromatic N) is 2. The Bertz CT molecular complexity index is 1030. The van der Waals surface area contributed by atoms with Gasteiger partial charge in [0.2, 0.25) is 5.91 Å². The van der Waals surface area contributed by atoms with Crippen LogP contribution >= 0.6 is 0 Å². The van der Waals surface area contributed by atoms with Crippen LogP contribution in [-0.4, -0.2) is 29.4 Å². The summed E-state index contributed by atoms with van der Waals surface area (Å²) in [5.41, 5.74) is 2.00. The van der Waals surface area contributed by atoms with Crippen molar-refractivity contribution in [2.45, 2.75) is 20.0 Å². The molecule has 3 aromatic rings. The van der Waals surface area contributed by atoms with Crippen molar-refractivity contribution in [3.8, 4) is 22.8 Å². The summed E-state index contributed by atoms with van der Waals surface area (Å²) in [5.74, 6) is 1.19. The molecule has 0 aliphatic carbocycles. The van der Waals surface area contributed by atoms with Crippen molar-refractivity contribution in [1.29, 1.82) is 0 Å². The van der Waals surface area contributed by atoms with Crippen LogP contribution < -0.4 is 20.3 Å². The molecule has 7 heteroatoms. The first kappa shape index (κ1) is 20.1. The number of carbonyl (C=O) groups excluding carboxylic acids is 1. The number of nitrogens with one attached hydrogen (secondary N) is 1. The third-order valence-electron chi connectivity index (χ3n) is 4.24. The molecule has 0 bridgehead atoms. The molecule has 0 saturated heterocycles. The number of aromatic nitrogens is 2. The van der Waals surface area contributed by atoms with Crippen LogP contribution in [0.2, 0.25) is 0 Å². The highest BCUT2D eigenvalue weighted by Crippen LogP contribution is 2.19. The molecule has 150 valence electrons. The number of methoxy groups -OCH3 is 1. The molecule has 1 aromatic heterocycles. The van der Waals surface area contributed by atoms with Crippen LogP contribution in [0.15, 0.2) is 65.5 Å². The Kier molecular flexibility index (Phi) is 6.63. The van der Waals surface area contributed by atoms with Gasteiger partial charge in [0.05, 0.1) is 19.4 Å². The lowest BCUT2D eigenvalue weighted by molar-refractivity contribution is -0.122. The number of hydrogen-bond donors (Lipinski definition) is 1. The van der Waals surface area contributed by atoms with Crippen molar-refractivity contribution >= 4 is 5.91 Å². The molecule has 0 aliphatic heterocycles. The molecular formula is C22H23N3O4. The summed E-state index contributed by atoms with van der Waals surface area (Å²) in [4.78, 5) is 24.4. The molecule has 0 saturated carbocycles. The van der Waals surface area contributed by atoms with E-state index in [0.717, 1.165) is 27.3 Å². The number of benzene rings is 2. The molecule has 29 heavy (non-hydrogen) atoms. The van der Waals surface area contributed by atoms with Gasteiger partial charge in [0.15, 0.2) is 0 Å². The molecule has 0 radical (unpaired) electrons. The first-order valence-corrected chi connectivity index (χ1v) is 9.30. The van der Waals surface area contributed by atoms with E-state index in [1.54, 1.807) is 13.2 Å². The average molecular weight is 393 g/mol. The Hall–Kier alpha value is -3.61. The van der Waals surface area contributed by atoms with Crippen LogP contribution in [0.4, 0.5) is 0 Å². The SMILES string of the molecule is CCOc1ccc(-c2ccc(=O)n(CC(=O)NCc3cccc(OC)c3)n2)cc1. The lowest BCUT2D eigenvalue weighted by atomic mass is 10.1. The quantitative estimate of drug-likeness (QED) is 0.636. The molecule has 0 atom stereocenters. The second kappa shape index (κ2) is 9.54.